The first kappa shape index (κ1) is 25.4. The van der Waals surface area contributed by atoms with E-state index < -0.39 is 12.1 Å². The van der Waals surface area contributed by atoms with Crippen molar-refractivity contribution in [3.05, 3.63) is 93.9 Å². The van der Waals surface area contributed by atoms with Gasteiger partial charge in [-0.25, -0.2) is 4.79 Å². The minimum absolute atomic E-state index is 0.454. The SMILES string of the molecule is C[C@@H](Oc1c(Br)cc(-c2c3ccccc3c(-c3ccccc3)c3sc4cccc(S)c4c23)cc1Br)C(=O)O. The van der Waals surface area contributed by atoms with E-state index in [1.54, 1.807) is 11.3 Å². The highest BCUT2D eigenvalue weighted by molar-refractivity contribution is 9.11. The van der Waals surface area contributed by atoms with Gasteiger partial charge in [0, 0.05) is 30.6 Å². The summed E-state index contributed by atoms with van der Waals surface area (Å²) < 4.78 is 9.47. The predicted octanol–water partition coefficient (Wildman–Crippen LogP) is 10.2. The Morgan fingerprint density at radius 1 is 0.842 bits per heavy atom. The third kappa shape index (κ3) is 4.22. The van der Waals surface area contributed by atoms with Crippen molar-refractivity contribution in [2.75, 3.05) is 0 Å². The summed E-state index contributed by atoms with van der Waals surface area (Å²) in [4.78, 5) is 12.3. The monoisotopic (exact) mass is 662 g/mol. The van der Waals surface area contributed by atoms with Crippen LogP contribution in [0.2, 0.25) is 0 Å². The van der Waals surface area contributed by atoms with E-state index in [1.165, 1.54) is 32.8 Å². The molecule has 0 saturated heterocycles. The highest BCUT2D eigenvalue weighted by Crippen LogP contribution is 2.52. The summed E-state index contributed by atoms with van der Waals surface area (Å²) in [5, 5.41) is 13.9. The molecule has 0 radical (unpaired) electrons. The molecule has 1 atom stereocenters. The van der Waals surface area contributed by atoms with Gasteiger partial charge in [-0.2, -0.15) is 0 Å². The minimum atomic E-state index is -1.02. The zero-order chi connectivity index (χ0) is 26.6. The number of hydrogen-bond acceptors (Lipinski definition) is 4. The number of halogens is 2. The first-order valence-corrected chi connectivity index (χ1v) is 14.7. The number of thiol groups is 1. The molecule has 0 aliphatic rings. The topological polar surface area (TPSA) is 46.5 Å². The van der Waals surface area contributed by atoms with Gasteiger partial charge in [-0.15, -0.1) is 24.0 Å². The van der Waals surface area contributed by atoms with Gasteiger partial charge < -0.3 is 9.84 Å². The van der Waals surface area contributed by atoms with E-state index >= 15 is 0 Å². The smallest absolute Gasteiger partial charge is 0.344 e. The summed E-state index contributed by atoms with van der Waals surface area (Å²) in [6.45, 7) is 1.51. The molecular weight excluding hydrogens is 644 g/mol. The van der Waals surface area contributed by atoms with Gasteiger partial charge in [0.15, 0.2) is 6.10 Å². The lowest BCUT2D eigenvalue weighted by Crippen LogP contribution is -2.23. The fraction of sp³-hybridized carbons (Fsp3) is 0.0645. The van der Waals surface area contributed by atoms with Crippen LogP contribution >= 0.6 is 55.8 Å². The molecule has 1 aromatic heterocycles. The van der Waals surface area contributed by atoms with E-state index in [9.17, 15) is 9.90 Å². The molecule has 188 valence electrons. The molecule has 0 saturated carbocycles. The van der Waals surface area contributed by atoms with Crippen LogP contribution in [0.25, 0.3) is 53.2 Å². The molecule has 1 N–H and O–H groups in total. The molecular formula is C31H20Br2O3S2. The molecule has 0 spiro atoms. The van der Waals surface area contributed by atoms with Crippen LogP contribution < -0.4 is 4.74 Å². The van der Waals surface area contributed by atoms with Gasteiger partial charge in [-0.3, -0.25) is 0 Å². The van der Waals surface area contributed by atoms with Crippen molar-refractivity contribution in [1.29, 1.82) is 0 Å². The van der Waals surface area contributed by atoms with Crippen molar-refractivity contribution >= 4 is 92.7 Å². The average molecular weight is 664 g/mol. The Labute approximate surface area is 245 Å². The van der Waals surface area contributed by atoms with E-state index in [-0.39, 0.29) is 0 Å². The Bertz CT molecular complexity index is 1860. The van der Waals surface area contributed by atoms with E-state index in [0.717, 1.165) is 32.2 Å². The molecule has 0 amide bonds. The molecule has 6 aromatic rings. The number of rotatable bonds is 5. The fourth-order valence-electron chi connectivity index (χ4n) is 4.96. The zero-order valence-corrected chi connectivity index (χ0v) is 24.9. The van der Waals surface area contributed by atoms with Gasteiger partial charge in [-0.05, 0) is 90.5 Å². The molecule has 6 rings (SSSR count). The van der Waals surface area contributed by atoms with Crippen molar-refractivity contribution in [2.45, 2.75) is 17.9 Å². The van der Waals surface area contributed by atoms with Crippen LogP contribution in [-0.4, -0.2) is 17.2 Å². The summed E-state index contributed by atoms with van der Waals surface area (Å²) >= 11 is 14.0. The van der Waals surface area contributed by atoms with Gasteiger partial charge in [0.25, 0.3) is 0 Å². The van der Waals surface area contributed by atoms with Crippen LogP contribution in [0.5, 0.6) is 5.75 Å². The first-order valence-electron chi connectivity index (χ1n) is 11.9. The third-order valence-electron chi connectivity index (χ3n) is 6.63. The lowest BCUT2D eigenvalue weighted by Gasteiger charge is -2.18. The highest BCUT2D eigenvalue weighted by Gasteiger charge is 2.24. The summed E-state index contributed by atoms with van der Waals surface area (Å²) in [5.74, 6) is -0.571. The molecule has 0 aliphatic carbocycles. The number of benzene rings is 5. The number of carboxylic acid groups (broad SMARTS) is 1. The number of carboxylic acids is 1. The van der Waals surface area contributed by atoms with Crippen molar-refractivity contribution in [3.63, 3.8) is 0 Å². The van der Waals surface area contributed by atoms with Crippen molar-refractivity contribution in [1.82, 2.24) is 0 Å². The average Bonchev–Trinajstić information content (AvgIpc) is 3.29. The lowest BCUT2D eigenvalue weighted by molar-refractivity contribution is -0.144. The maximum absolute atomic E-state index is 11.4. The largest absolute Gasteiger partial charge is 0.479 e. The van der Waals surface area contributed by atoms with Gasteiger partial charge in [0.2, 0.25) is 0 Å². The number of aliphatic carboxylic acids is 1. The normalized spacial score (nSPS) is 12.3. The Kier molecular flexibility index (Phi) is 6.72. The number of carbonyl (C=O) groups is 1. The van der Waals surface area contributed by atoms with E-state index in [1.807, 2.05) is 30.3 Å². The van der Waals surface area contributed by atoms with Crippen molar-refractivity contribution < 1.29 is 14.6 Å². The molecule has 0 fully saturated rings. The summed E-state index contributed by atoms with van der Waals surface area (Å²) in [5.41, 5.74) is 4.46. The van der Waals surface area contributed by atoms with Crippen LogP contribution in [0.15, 0.2) is 98.8 Å². The summed E-state index contributed by atoms with van der Waals surface area (Å²) in [6.07, 6.45) is -0.987. The Balaban J connectivity index is 1.76. The number of hydrogen-bond donors (Lipinski definition) is 2. The highest BCUT2D eigenvalue weighted by atomic mass is 79.9. The predicted molar refractivity (Wildman–Crippen MR) is 168 cm³/mol. The van der Waals surface area contributed by atoms with Crippen molar-refractivity contribution in [2.24, 2.45) is 0 Å². The van der Waals surface area contributed by atoms with Crippen LogP contribution in [0.4, 0.5) is 0 Å². The molecule has 3 nitrogen and oxygen atoms in total. The molecule has 38 heavy (non-hydrogen) atoms. The van der Waals surface area contributed by atoms with E-state index in [0.29, 0.717) is 14.7 Å². The standard InChI is InChI=1S/C31H20Br2O3S2/c1-16(31(34)35)36-29-21(32)14-18(15-22(29)33)25-19-10-5-6-11-20(19)26(17-8-3-2-4-9-17)30-28(25)27-23(37)12-7-13-24(27)38-30/h2-16,37H,1H3,(H,34,35)/t16-/m1/s1. The van der Waals surface area contributed by atoms with E-state index in [4.69, 9.17) is 17.4 Å². The van der Waals surface area contributed by atoms with Crippen LogP contribution in [-0.2, 0) is 4.79 Å². The van der Waals surface area contributed by atoms with E-state index in [2.05, 4.69) is 86.5 Å². The van der Waals surface area contributed by atoms with Crippen LogP contribution in [0.1, 0.15) is 6.92 Å². The second-order valence-corrected chi connectivity index (χ2v) is 12.2. The number of thiophene rings is 1. The molecule has 5 aromatic carbocycles. The second-order valence-electron chi connectivity index (χ2n) is 8.99. The van der Waals surface area contributed by atoms with Crippen LogP contribution in [0.3, 0.4) is 0 Å². The Hall–Kier alpha value is -2.84. The van der Waals surface area contributed by atoms with Crippen molar-refractivity contribution in [3.8, 4) is 28.0 Å². The zero-order valence-electron chi connectivity index (χ0n) is 20.0. The molecule has 0 bridgehead atoms. The van der Waals surface area contributed by atoms with Gasteiger partial charge in [-0.1, -0.05) is 60.7 Å². The Morgan fingerprint density at radius 2 is 1.47 bits per heavy atom. The molecule has 1 heterocycles. The maximum Gasteiger partial charge on any atom is 0.344 e. The quantitative estimate of drug-likeness (QED) is 0.180. The molecule has 0 aliphatic heterocycles. The molecule has 0 unspecified atom stereocenters. The van der Waals surface area contributed by atoms with Gasteiger partial charge in [0.05, 0.1) is 8.95 Å². The third-order valence-corrected chi connectivity index (χ3v) is 9.35. The number of fused-ring (bicyclic) bond motifs is 4. The number of ether oxygens (including phenoxy) is 1. The molecule has 7 heteroatoms. The maximum atomic E-state index is 11.4. The lowest BCUT2D eigenvalue weighted by atomic mass is 9.88. The summed E-state index contributed by atoms with van der Waals surface area (Å²) in [6, 6.07) is 29.3. The first-order chi connectivity index (χ1) is 18.3. The van der Waals surface area contributed by atoms with Crippen LogP contribution in [0, 0.1) is 0 Å². The fourth-order valence-corrected chi connectivity index (χ4v) is 8.04. The Morgan fingerprint density at radius 3 is 2.13 bits per heavy atom. The van der Waals surface area contributed by atoms with Gasteiger partial charge >= 0.3 is 5.97 Å². The second kappa shape index (κ2) is 10.0. The van der Waals surface area contributed by atoms with Gasteiger partial charge in [0.1, 0.15) is 5.75 Å². The minimum Gasteiger partial charge on any atom is -0.479 e. The summed E-state index contributed by atoms with van der Waals surface area (Å²) in [7, 11) is 0.